The summed E-state index contributed by atoms with van der Waals surface area (Å²) in [4.78, 5) is 4.38. The van der Waals surface area contributed by atoms with Crippen molar-refractivity contribution in [1.82, 2.24) is 4.98 Å². The van der Waals surface area contributed by atoms with Gasteiger partial charge in [0.25, 0.3) is 0 Å². The number of hydrogen-bond acceptors (Lipinski definition) is 4. The first-order valence-electron chi connectivity index (χ1n) is 5.61. The summed E-state index contributed by atoms with van der Waals surface area (Å²) in [6, 6.07) is 4.17. The normalized spacial score (nSPS) is 20.4. The van der Waals surface area contributed by atoms with Gasteiger partial charge in [0, 0.05) is 29.4 Å². The lowest BCUT2D eigenvalue weighted by Gasteiger charge is -2.11. The summed E-state index contributed by atoms with van der Waals surface area (Å²) in [6.45, 7) is 1.77. The largest absolute Gasteiger partial charge is 0.376 e. The molecule has 1 atom stereocenters. The second kappa shape index (κ2) is 4.39. The van der Waals surface area contributed by atoms with Crippen molar-refractivity contribution in [3.8, 4) is 0 Å². The van der Waals surface area contributed by atoms with Gasteiger partial charge in [0.2, 0.25) is 0 Å². The first-order chi connectivity index (χ1) is 7.93. The van der Waals surface area contributed by atoms with Gasteiger partial charge in [-0.2, -0.15) is 0 Å². The summed E-state index contributed by atoms with van der Waals surface area (Å²) in [6.07, 6.45) is 4.56. The van der Waals surface area contributed by atoms with E-state index in [1.54, 1.807) is 11.3 Å². The molecule has 0 aromatic carbocycles. The van der Waals surface area contributed by atoms with Crippen LogP contribution in [0.15, 0.2) is 23.7 Å². The van der Waals surface area contributed by atoms with Gasteiger partial charge in [0.15, 0.2) is 0 Å². The average molecular weight is 234 g/mol. The number of ether oxygens (including phenoxy) is 1. The molecule has 0 spiro atoms. The Morgan fingerprint density at radius 2 is 2.50 bits per heavy atom. The molecule has 0 saturated carbocycles. The van der Waals surface area contributed by atoms with E-state index in [2.05, 4.69) is 27.8 Å². The third kappa shape index (κ3) is 1.90. The molecule has 3 rings (SSSR count). The summed E-state index contributed by atoms with van der Waals surface area (Å²) in [5.74, 6) is 0.981. The molecule has 1 aliphatic heterocycles. The molecule has 16 heavy (non-hydrogen) atoms. The highest BCUT2D eigenvalue weighted by molar-refractivity contribution is 7.17. The minimum Gasteiger partial charge on any atom is -0.376 e. The van der Waals surface area contributed by atoms with Gasteiger partial charge in [-0.25, -0.2) is 4.98 Å². The van der Waals surface area contributed by atoms with Crippen LogP contribution in [-0.2, 0) is 4.74 Å². The maximum atomic E-state index is 5.58. The summed E-state index contributed by atoms with van der Waals surface area (Å²) < 4.78 is 6.86. The highest BCUT2D eigenvalue weighted by Crippen LogP contribution is 2.26. The van der Waals surface area contributed by atoms with Crippen molar-refractivity contribution in [2.24, 2.45) is 0 Å². The number of aromatic nitrogens is 1. The number of anilines is 1. The lowest BCUT2D eigenvalue weighted by Crippen LogP contribution is -2.18. The molecule has 84 valence electrons. The minimum atomic E-state index is 0.357. The minimum absolute atomic E-state index is 0.357. The van der Waals surface area contributed by atoms with E-state index in [-0.39, 0.29) is 0 Å². The van der Waals surface area contributed by atoms with Crippen LogP contribution in [0, 0.1) is 0 Å². The van der Waals surface area contributed by atoms with Crippen LogP contribution in [0.4, 0.5) is 5.82 Å². The fraction of sp³-hybridized carbons (Fsp3) is 0.417. The fourth-order valence-corrected chi connectivity index (χ4v) is 2.83. The topological polar surface area (TPSA) is 34.1 Å². The van der Waals surface area contributed by atoms with Crippen molar-refractivity contribution in [2.75, 3.05) is 18.5 Å². The van der Waals surface area contributed by atoms with Crippen molar-refractivity contribution < 1.29 is 4.74 Å². The third-order valence-electron chi connectivity index (χ3n) is 2.90. The zero-order valence-corrected chi connectivity index (χ0v) is 9.80. The van der Waals surface area contributed by atoms with E-state index in [0.717, 1.165) is 25.4 Å². The lowest BCUT2D eigenvalue weighted by molar-refractivity contribution is 0.120. The molecule has 0 radical (unpaired) electrons. The lowest BCUT2D eigenvalue weighted by atomic mass is 10.2. The van der Waals surface area contributed by atoms with Gasteiger partial charge in [-0.3, -0.25) is 0 Å². The monoisotopic (exact) mass is 234 g/mol. The number of thiophene rings is 1. The number of rotatable bonds is 3. The van der Waals surface area contributed by atoms with E-state index in [9.17, 15) is 0 Å². The highest BCUT2D eigenvalue weighted by atomic mass is 32.1. The summed E-state index contributed by atoms with van der Waals surface area (Å²) in [5, 5.41) is 6.70. The molecule has 1 fully saturated rings. The van der Waals surface area contributed by atoms with Crippen molar-refractivity contribution in [3.63, 3.8) is 0 Å². The van der Waals surface area contributed by atoms with Gasteiger partial charge in [0.05, 0.1) is 6.10 Å². The molecule has 1 N–H and O–H groups in total. The molecular formula is C12H14N2OS. The Bertz CT molecular complexity index is 477. The quantitative estimate of drug-likeness (QED) is 0.886. The number of fused-ring (bicyclic) bond motifs is 1. The maximum Gasteiger partial charge on any atom is 0.134 e. The van der Waals surface area contributed by atoms with Gasteiger partial charge in [-0.1, -0.05) is 0 Å². The van der Waals surface area contributed by atoms with Crippen LogP contribution in [0.1, 0.15) is 12.8 Å². The van der Waals surface area contributed by atoms with Crippen LogP contribution >= 0.6 is 11.3 Å². The Kier molecular flexibility index (Phi) is 2.76. The fourth-order valence-electron chi connectivity index (χ4n) is 2.05. The van der Waals surface area contributed by atoms with Crippen molar-refractivity contribution in [1.29, 1.82) is 0 Å². The number of pyridine rings is 1. The van der Waals surface area contributed by atoms with E-state index in [1.165, 1.54) is 16.5 Å². The van der Waals surface area contributed by atoms with Crippen molar-refractivity contribution in [2.45, 2.75) is 18.9 Å². The van der Waals surface area contributed by atoms with E-state index < -0.39 is 0 Å². The van der Waals surface area contributed by atoms with Gasteiger partial charge in [-0.15, -0.1) is 11.3 Å². The zero-order chi connectivity index (χ0) is 10.8. The van der Waals surface area contributed by atoms with E-state index >= 15 is 0 Å². The predicted molar refractivity (Wildman–Crippen MR) is 67.1 cm³/mol. The first kappa shape index (κ1) is 10.1. The molecule has 3 heterocycles. The van der Waals surface area contributed by atoms with E-state index in [1.807, 2.05) is 6.20 Å². The van der Waals surface area contributed by atoms with Crippen molar-refractivity contribution in [3.05, 3.63) is 23.7 Å². The van der Waals surface area contributed by atoms with Gasteiger partial charge in [-0.05, 0) is 30.4 Å². The Hall–Kier alpha value is -1.13. The van der Waals surface area contributed by atoms with E-state index in [4.69, 9.17) is 4.74 Å². The Morgan fingerprint density at radius 3 is 3.38 bits per heavy atom. The Balaban J connectivity index is 1.75. The van der Waals surface area contributed by atoms with Gasteiger partial charge >= 0.3 is 0 Å². The Labute approximate surface area is 98.5 Å². The highest BCUT2D eigenvalue weighted by Gasteiger charge is 2.15. The van der Waals surface area contributed by atoms with Gasteiger partial charge in [0.1, 0.15) is 5.82 Å². The summed E-state index contributed by atoms with van der Waals surface area (Å²) in [5.41, 5.74) is 0. The predicted octanol–water partition coefficient (Wildman–Crippen LogP) is 2.89. The third-order valence-corrected chi connectivity index (χ3v) is 3.78. The molecule has 0 amide bonds. The first-order valence-corrected chi connectivity index (χ1v) is 6.49. The van der Waals surface area contributed by atoms with Crippen LogP contribution in [0.5, 0.6) is 0 Å². The smallest absolute Gasteiger partial charge is 0.134 e. The molecule has 2 aromatic rings. The average Bonchev–Trinajstić information content (AvgIpc) is 2.97. The van der Waals surface area contributed by atoms with Crippen molar-refractivity contribution >= 4 is 27.2 Å². The molecule has 0 aliphatic carbocycles. The molecule has 3 nitrogen and oxygen atoms in total. The Morgan fingerprint density at radius 1 is 1.50 bits per heavy atom. The molecule has 2 aromatic heterocycles. The van der Waals surface area contributed by atoms with Crippen LogP contribution in [-0.4, -0.2) is 24.2 Å². The number of nitrogens with zero attached hydrogens (tertiary/aromatic N) is 1. The number of nitrogens with one attached hydrogen (secondary N) is 1. The molecule has 1 aliphatic rings. The molecule has 0 unspecified atom stereocenters. The molecular weight excluding hydrogens is 220 g/mol. The maximum absolute atomic E-state index is 5.58. The van der Waals surface area contributed by atoms with Crippen LogP contribution in [0.3, 0.4) is 0 Å². The molecule has 4 heteroatoms. The SMILES string of the molecule is c1cc2sccc2c(NC[C@H]2CCCO2)n1. The van der Waals surface area contributed by atoms with Crippen LogP contribution < -0.4 is 5.32 Å². The zero-order valence-electron chi connectivity index (χ0n) is 8.98. The summed E-state index contributed by atoms with van der Waals surface area (Å²) >= 11 is 1.75. The molecule has 0 bridgehead atoms. The van der Waals surface area contributed by atoms with Crippen LogP contribution in [0.25, 0.3) is 10.1 Å². The summed E-state index contributed by atoms with van der Waals surface area (Å²) in [7, 11) is 0. The van der Waals surface area contributed by atoms with E-state index in [0.29, 0.717) is 6.10 Å². The second-order valence-electron chi connectivity index (χ2n) is 4.01. The standard InChI is InChI=1S/C12H14N2OS/c1-2-9(15-6-1)8-14-12-10-4-7-16-11(10)3-5-13-12/h3-5,7,9H,1-2,6,8H2,(H,13,14)/t9-/m1/s1. The second-order valence-corrected chi connectivity index (χ2v) is 4.96. The number of hydrogen-bond donors (Lipinski definition) is 1. The molecule has 1 saturated heterocycles. The van der Waals surface area contributed by atoms with Crippen LogP contribution in [0.2, 0.25) is 0 Å². The van der Waals surface area contributed by atoms with Gasteiger partial charge < -0.3 is 10.1 Å².